The summed E-state index contributed by atoms with van der Waals surface area (Å²) in [6.45, 7) is 2.56. The van der Waals surface area contributed by atoms with E-state index >= 15 is 0 Å². The Morgan fingerprint density at radius 2 is 1.96 bits per heavy atom. The molecule has 1 aliphatic heterocycles. The monoisotopic (exact) mass is 360 g/mol. The molecule has 0 fully saturated rings. The third-order valence-corrected chi connectivity index (χ3v) is 5.26. The van der Waals surface area contributed by atoms with Gasteiger partial charge in [-0.2, -0.15) is 0 Å². The van der Waals surface area contributed by atoms with E-state index in [4.69, 9.17) is 11.6 Å². The van der Waals surface area contributed by atoms with Crippen LogP contribution in [0, 0.1) is 11.6 Å². The molecule has 130 valence electrons. The molecule has 0 unspecified atom stereocenters. The molecule has 1 aliphatic rings. The van der Waals surface area contributed by atoms with Gasteiger partial charge in [-0.25, -0.2) is 8.78 Å². The molecule has 2 heterocycles. The Hall–Kier alpha value is -1.91. The minimum atomic E-state index is -0.539. The molecule has 0 spiro atoms. The second-order valence-corrected chi connectivity index (χ2v) is 7.15. The zero-order chi connectivity index (χ0) is 17.6. The van der Waals surface area contributed by atoms with Crippen molar-refractivity contribution >= 4 is 22.5 Å². The quantitative estimate of drug-likeness (QED) is 0.651. The fourth-order valence-corrected chi connectivity index (χ4v) is 3.94. The van der Waals surface area contributed by atoms with Crippen LogP contribution in [0.1, 0.15) is 16.8 Å². The van der Waals surface area contributed by atoms with Gasteiger partial charge in [-0.1, -0.05) is 17.7 Å². The fraction of sp³-hybridized carbons (Fsp3) is 0.300. The van der Waals surface area contributed by atoms with E-state index in [-0.39, 0.29) is 0 Å². The number of likely N-dealkylation sites (N-methyl/N-ethyl adjacent to an activating group) is 1. The highest BCUT2D eigenvalue weighted by molar-refractivity contribution is 6.31. The van der Waals surface area contributed by atoms with Gasteiger partial charge in [-0.05, 0) is 48.9 Å². The van der Waals surface area contributed by atoms with Crippen molar-refractivity contribution in [3.63, 3.8) is 0 Å². The zero-order valence-corrected chi connectivity index (χ0v) is 14.8. The van der Waals surface area contributed by atoms with Gasteiger partial charge in [0.05, 0.1) is 0 Å². The summed E-state index contributed by atoms with van der Waals surface area (Å²) in [6, 6.07) is 9.76. The molecule has 1 aromatic heterocycles. The molecule has 0 saturated carbocycles. The number of aryl methyl sites for hydroxylation is 2. The lowest BCUT2D eigenvalue weighted by molar-refractivity contribution is 0.309. The van der Waals surface area contributed by atoms with Gasteiger partial charge in [0.15, 0.2) is 0 Å². The summed E-state index contributed by atoms with van der Waals surface area (Å²) in [5.74, 6) is -1.02. The number of aromatic nitrogens is 1. The van der Waals surface area contributed by atoms with Gasteiger partial charge in [0.1, 0.15) is 11.6 Å². The average molecular weight is 361 g/mol. The van der Waals surface area contributed by atoms with Crippen LogP contribution in [-0.4, -0.2) is 23.1 Å². The highest BCUT2D eigenvalue weighted by atomic mass is 35.5. The van der Waals surface area contributed by atoms with Crippen LogP contribution in [-0.2, 0) is 25.9 Å². The smallest absolute Gasteiger partial charge is 0.129 e. The molecule has 4 rings (SSSR count). The first-order valence-corrected chi connectivity index (χ1v) is 8.82. The standard InChI is InChI=1S/C20H19ClF2N2/c1-24-8-7-20-17(12-24)16-10-14(21)3-5-19(16)25(20)9-6-13-2-4-15(22)11-18(13)23/h2-5,10-11H,6-9,12H2,1H3. The summed E-state index contributed by atoms with van der Waals surface area (Å²) in [6.07, 6.45) is 1.49. The molecule has 5 heteroatoms. The summed E-state index contributed by atoms with van der Waals surface area (Å²) in [4.78, 5) is 2.30. The molecule has 0 atom stereocenters. The maximum absolute atomic E-state index is 14.0. The number of nitrogens with zero attached hydrogens (tertiary/aromatic N) is 2. The Balaban J connectivity index is 1.74. The van der Waals surface area contributed by atoms with Crippen molar-refractivity contribution in [3.05, 3.63) is 69.9 Å². The largest absolute Gasteiger partial charge is 0.344 e. The summed E-state index contributed by atoms with van der Waals surface area (Å²) in [7, 11) is 2.12. The second-order valence-electron chi connectivity index (χ2n) is 6.71. The van der Waals surface area contributed by atoms with Crippen LogP contribution >= 0.6 is 11.6 Å². The normalized spacial score (nSPS) is 14.9. The number of rotatable bonds is 3. The molecule has 0 saturated heterocycles. The number of hydrogen-bond acceptors (Lipinski definition) is 1. The van der Waals surface area contributed by atoms with E-state index < -0.39 is 11.6 Å². The Labute approximate surface area is 150 Å². The van der Waals surface area contributed by atoms with Crippen LogP contribution in [0.15, 0.2) is 36.4 Å². The van der Waals surface area contributed by atoms with E-state index in [1.165, 1.54) is 28.8 Å². The molecule has 3 aromatic rings. The minimum Gasteiger partial charge on any atom is -0.344 e. The fourth-order valence-electron chi connectivity index (χ4n) is 3.77. The maximum atomic E-state index is 14.0. The SMILES string of the molecule is CN1CCc2c(c3cc(Cl)ccc3n2CCc2ccc(F)cc2F)C1. The molecule has 0 aliphatic carbocycles. The second kappa shape index (κ2) is 6.43. The predicted molar refractivity (Wildman–Crippen MR) is 97.0 cm³/mol. The van der Waals surface area contributed by atoms with E-state index in [1.54, 1.807) is 0 Å². The van der Waals surface area contributed by atoms with Crippen molar-refractivity contribution in [2.45, 2.75) is 25.9 Å². The topological polar surface area (TPSA) is 8.17 Å². The summed E-state index contributed by atoms with van der Waals surface area (Å²) < 4.78 is 29.3. The Morgan fingerprint density at radius 1 is 1.12 bits per heavy atom. The summed E-state index contributed by atoms with van der Waals surface area (Å²) in [5, 5.41) is 1.90. The lowest BCUT2D eigenvalue weighted by Gasteiger charge is -2.24. The van der Waals surface area contributed by atoms with Crippen molar-refractivity contribution in [2.24, 2.45) is 0 Å². The first-order valence-electron chi connectivity index (χ1n) is 8.45. The number of benzene rings is 2. The zero-order valence-electron chi connectivity index (χ0n) is 14.0. The first kappa shape index (κ1) is 16.6. The molecule has 0 bridgehead atoms. The van der Waals surface area contributed by atoms with E-state index in [9.17, 15) is 8.78 Å². The van der Waals surface area contributed by atoms with Crippen LogP contribution in [0.2, 0.25) is 5.02 Å². The van der Waals surface area contributed by atoms with E-state index in [1.807, 2.05) is 18.2 Å². The Bertz CT molecular complexity index is 949. The minimum absolute atomic E-state index is 0.479. The van der Waals surface area contributed by atoms with Crippen LogP contribution in [0.5, 0.6) is 0 Å². The van der Waals surface area contributed by atoms with Gasteiger partial charge >= 0.3 is 0 Å². The van der Waals surface area contributed by atoms with Gasteiger partial charge in [0, 0.05) is 53.7 Å². The lowest BCUT2D eigenvalue weighted by atomic mass is 10.1. The number of fused-ring (bicyclic) bond motifs is 3. The number of hydrogen-bond donors (Lipinski definition) is 0. The van der Waals surface area contributed by atoms with Crippen LogP contribution in [0.4, 0.5) is 8.78 Å². The third kappa shape index (κ3) is 3.05. The Kier molecular flexibility index (Phi) is 4.26. The van der Waals surface area contributed by atoms with Crippen molar-refractivity contribution in [2.75, 3.05) is 13.6 Å². The number of halogens is 3. The van der Waals surface area contributed by atoms with Gasteiger partial charge in [-0.3, -0.25) is 0 Å². The van der Waals surface area contributed by atoms with Gasteiger partial charge in [0.25, 0.3) is 0 Å². The van der Waals surface area contributed by atoms with Crippen molar-refractivity contribution in [1.29, 1.82) is 0 Å². The Morgan fingerprint density at radius 3 is 2.76 bits per heavy atom. The molecule has 2 aromatic carbocycles. The van der Waals surface area contributed by atoms with Gasteiger partial charge < -0.3 is 9.47 Å². The maximum Gasteiger partial charge on any atom is 0.129 e. The summed E-state index contributed by atoms with van der Waals surface area (Å²) >= 11 is 6.21. The average Bonchev–Trinajstić information content (AvgIpc) is 2.87. The molecule has 0 amide bonds. The molecular weight excluding hydrogens is 342 g/mol. The molecule has 0 N–H and O–H groups in total. The van der Waals surface area contributed by atoms with Crippen molar-refractivity contribution in [3.8, 4) is 0 Å². The van der Waals surface area contributed by atoms with Crippen LogP contribution < -0.4 is 0 Å². The van der Waals surface area contributed by atoms with Gasteiger partial charge in [0.2, 0.25) is 0 Å². The molecule has 0 radical (unpaired) electrons. The van der Waals surface area contributed by atoms with Crippen LogP contribution in [0.25, 0.3) is 10.9 Å². The molecular formula is C20H19ClF2N2. The van der Waals surface area contributed by atoms with E-state index in [2.05, 4.69) is 16.5 Å². The van der Waals surface area contributed by atoms with Crippen molar-refractivity contribution in [1.82, 2.24) is 9.47 Å². The first-order chi connectivity index (χ1) is 12.0. The third-order valence-electron chi connectivity index (χ3n) is 5.03. The van der Waals surface area contributed by atoms with E-state index in [0.717, 1.165) is 36.1 Å². The van der Waals surface area contributed by atoms with E-state index in [0.29, 0.717) is 18.5 Å². The van der Waals surface area contributed by atoms with Crippen LogP contribution in [0.3, 0.4) is 0 Å². The van der Waals surface area contributed by atoms with Gasteiger partial charge in [-0.15, -0.1) is 0 Å². The molecule has 2 nitrogen and oxygen atoms in total. The molecule has 25 heavy (non-hydrogen) atoms. The highest BCUT2D eigenvalue weighted by Gasteiger charge is 2.22. The predicted octanol–water partition coefficient (Wildman–Crippen LogP) is 4.80. The summed E-state index contributed by atoms with van der Waals surface area (Å²) in [5.41, 5.74) is 4.29. The lowest BCUT2D eigenvalue weighted by Crippen LogP contribution is -2.27. The van der Waals surface area contributed by atoms with Crippen molar-refractivity contribution < 1.29 is 8.78 Å². The highest BCUT2D eigenvalue weighted by Crippen LogP contribution is 2.32.